The summed E-state index contributed by atoms with van der Waals surface area (Å²) in [6.45, 7) is 0. The molecule has 0 saturated heterocycles. The largest absolute Gasteiger partial charge is 0.310 e. The minimum Gasteiger partial charge on any atom is -0.310 e. The van der Waals surface area contributed by atoms with Crippen LogP contribution in [0.2, 0.25) is 0 Å². The number of hydrogen-bond donors (Lipinski definition) is 0. The second kappa shape index (κ2) is 15.7. The second-order valence-electron chi connectivity index (χ2n) is 20.3. The first-order valence-corrected chi connectivity index (χ1v) is 25.8. The lowest BCUT2D eigenvalue weighted by Crippen LogP contribution is -2.26. The van der Waals surface area contributed by atoms with Crippen molar-refractivity contribution in [3.8, 4) is 44.5 Å². The summed E-state index contributed by atoms with van der Waals surface area (Å²) in [4.78, 5) is 2.55. The number of fused-ring (bicyclic) bond motifs is 20. The van der Waals surface area contributed by atoms with Crippen molar-refractivity contribution in [1.82, 2.24) is 0 Å². The Morgan fingerprint density at radius 3 is 1.34 bits per heavy atom. The molecule has 0 unspecified atom stereocenters. The molecule has 342 valence electrons. The molecule has 0 heterocycles. The molecule has 2 aliphatic rings. The molecule has 0 fully saturated rings. The highest BCUT2D eigenvalue weighted by Gasteiger charge is 2.52. The molecule has 0 atom stereocenters. The van der Waals surface area contributed by atoms with Gasteiger partial charge < -0.3 is 4.90 Å². The van der Waals surface area contributed by atoms with E-state index in [0.29, 0.717) is 0 Å². The van der Waals surface area contributed by atoms with Gasteiger partial charge in [-0.1, -0.05) is 224 Å². The molecule has 0 amide bonds. The van der Waals surface area contributed by atoms with Gasteiger partial charge in [0, 0.05) is 16.9 Å². The van der Waals surface area contributed by atoms with Crippen LogP contribution in [-0.2, 0) is 5.41 Å². The normalized spacial score (nSPS) is 13.0. The molecule has 0 radical (unpaired) electrons. The summed E-state index contributed by atoms with van der Waals surface area (Å²) in [7, 11) is 0. The highest BCUT2D eigenvalue weighted by Crippen LogP contribution is 2.64. The zero-order valence-corrected chi connectivity index (χ0v) is 40.4. The minimum absolute atomic E-state index is 0.523. The third-order valence-electron chi connectivity index (χ3n) is 16.6. The van der Waals surface area contributed by atoms with Crippen molar-refractivity contribution in [2.75, 3.05) is 4.90 Å². The van der Waals surface area contributed by atoms with Crippen LogP contribution >= 0.6 is 0 Å². The first-order chi connectivity index (χ1) is 36.7. The van der Waals surface area contributed by atoms with Gasteiger partial charge in [-0.15, -0.1) is 0 Å². The van der Waals surface area contributed by atoms with Gasteiger partial charge in [0.25, 0.3) is 0 Å². The van der Waals surface area contributed by atoms with Crippen LogP contribution in [0, 0.1) is 0 Å². The summed E-state index contributed by atoms with van der Waals surface area (Å²) in [5.41, 5.74) is 18.0. The van der Waals surface area contributed by atoms with Gasteiger partial charge in [0.05, 0.1) is 11.1 Å². The fraction of sp³-hybridized carbons (Fsp3) is 0.0137. The lowest BCUT2D eigenvalue weighted by atomic mass is 9.70. The molecule has 16 rings (SSSR count). The van der Waals surface area contributed by atoms with Gasteiger partial charge in [-0.3, -0.25) is 0 Å². The topological polar surface area (TPSA) is 3.24 Å². The summed E-state index contributed by atoms with van der Waals surface area (Å²) in [5.74, 6) is 0. The van der Waals surface area contributed by atoms with Crippen molar-refractivity contribution in [2.24, 2.45) is 0 Å². The SMILES string of the molecule is c1ccc2c(c1)-c1ccccc1C21c2ccccc2-c2cc(-c3ccc4ccccc4c3)c(N(c3ccc(-c4ccc5c(ccc6ccccc65)c4)cc3)c3ccc4c5ccccc5c5ccccc5c4c3)cc21. The fourth-order valence-electron chi connectivity index (χ4n) is 13.4. The number of hydrogen-bond acceptors (Lipinski definition) is 1. The molecule has 0 aliphatic heterocycles. The van der Waals surface area contributed by atoms with E-state index in [1.165, 1.54) is 131 Å². The number of nitrogens with zero attached hydrogens (tertiary/aromatic N) is 1. The van der Waals surface area contributed by atoms with Crippen molar-refractivity contribution < 1.29 is 0 Å². The molecule has 0 bridgehead atoms. The molecule has 74 heavy (non-hydrogen) atoms. The highest BCUT2D eigenvalue weighted by molar-refractivity contribution is 6.26. The van der Waals surface area contributed by atoms with Crippen LogP contribution in [0.25, 0.3) is 109 Å². The van der Waals surface area contributed by atoms with Gasteiger partial charge in [0.2, 0.25) is 0 Å². The van der Waals surface area contributed by atoms with E-state index in [2.05, 4.69) is 278 Å². The minimum atomic E-state index is -0.523. The number of benzene rings is 14. The molecular weight excluding hydrogens is 891 g/mol. The quantitative estimate of drug-likeness (QED) is 0.155. The van der Waals surface area contributed by atoms with E-state index in [9.17, 15) is 0 Å². The van der Waals surface area contributed by atoms with E-state index in [1.54, 1.807) is 0 Å². The van der Waals surface area contributed by atoms with Crippen LogP contribution < -0.4 is 4.90 Å². The second-order valence-corrected chi connectivity index (χ2v) is 20.3. The molecule has 0 aromatic heterocycles. The third kappa shape index (κ3) is 5.81. The zero-order valence-electron chi connectivity index (χ0n) is 40.4. The predicted octanol–water partition coefficient (Wildman–Crippen LogP) is 19.8. The first kappa shape index (κ1) is 41.1. The highest BCUT2D eigenvalue weighted by atomic mass is 15.1. The van der Waals surface area contributed by atoms with Crippen molar-refractivity contribution in [1.29, 1.82) is 0 Å². The van der Waals surface area contributed by atoms with Crippen LogP contribution in [0.4, 0.5) is 17.1 Å². The standard InChI is InChI=1S/C73H45N/c1-2-17-49-41-52(31-29-46(49)15-1)65-44-67-64-25-11-14-28-70(64)73(68-26-12-9-23-62(68)63-24-10-13-27-69(63)73)71(67)45-72(65)74(54-38-40-61-59-21-6-5-19-57(59)58-20-7-8-22-60(58)66(61)43-54)53-36-33-47(34-37-53)50-35-39-56-51(42-50)32-30-48-16-3-4-18-55(48)56/h1-45H. The summed E-state index contributed by atoms with van der Waals surface area (Å²) >= 11 is 0. The van der Waals surface area contributed by atoms with Crippen LogP contribution in [0.3, 0.4) is 0 Å². The molecule has 1 spiro atoms. The Morgan fingerprint density at radius 1 is 0.216 bits per heavy atom. The first-order valence-electron chi connectivity index (χ1n) is 25.8. The van der Waals surface area contributed by atoms with Gasteiger partial charge in [0.15, 0.2) is 0 Å². The molecule has 0 N–H and O–H groups in total. The maximum absolute atomic E-state index is 2.57. The van der Waals surface area contributed by atoms with Crippen molar-refractivity contribution in [3.63, 3.8) is 0 Å². The molecule has 0 saturated carbocycles. The average molecular weight is 936 g/mol. The van der Waals surface area contributed by atoms with Gasteiger partial charge >= 0.3 is 0 Å². The Balaban J connectivity index is 0.990. The van der Waals surface area contributed by atoms with Crippen molar-refractivity contribution in [2.45, 2.75) is 5.41 Å². The Hall–Kier alpha value is -9.56. The maximum Gasteiger partial charge on any atom is 0.0726 e. The smallest absolute Gasteiger partial charge is 0.0726 e. The average Bonchev–Trinajstić information content (AvgIpc) is 3.96. The van der Waals surface area contributed by atoms with Gasteiger partial charge in [-0.05, 0) is 174 Å². The zero-order chi connectivity index (χ0) is 48.5. The van der Waals surface area contributed by atoms with Crippen LogP contribution in [0.15, 0.2) is 273 Å². The molecule has 14 aromatic rings. The van der Waals surface area contributed by atoms with E-state index < -0.39 is 5.41 Å². The van der Waals surface area contributed by atoms with Crippen LogP contribution in [-0.4, -0.2) is 0 Å². The summed E-state index contributed by atoms with van der Waals surface area (Å²) < 4.78 is 0. The van der Waals surface area contributed by atoms with E-state index in [4.69, 9.17) is 0 Å². The van der Waals surface area contributed by atoms with Gasteiger partial charge in [-0.2, -0.15) is 0 Å². The number of anilines is 3. The summed E-state index contributed by atoms with van der Waals surface area (Å²) in [6.07, 6.45) is 0. The van der Waals surface area contributed by atoms with E-state index >= 15 is 0 Å². The Labute approximate surface area is 429 Å². The lowest BCUT2D eigenvalue weighted by molar-refractivity contribution is 0.794. The van der Waals surface area contributed by atoms with E-state index in [0.717, 1.165) is 17.1 Å². The van der Waals surface area contributed by atoms with Gasteiger partial charge in [0.1, 0.15) is 0 Å². The molecule has 1 heteroatoms. The molecule has 14 aromatic carbocycles. The van der Waals surface area contributed by atoms with Gasteiger partial charge in [-0.25, -0.2) is 0 Å². The summed E-state index contributed by atoms with van der Waals surface area (Å²) in [5, 5.41) is 15.0. The fourth-order valence-corrected chi connectivity index (χ4v) is 13.4. The van der Waals surface area contributed by atoms with Crippen LogP contribution in [0.5, 0.6) is 0 Å². The van der Waals surface area contributed by atoms with Crippen LogP contribution in [0.1, 0.15) is 22.3 Å². The van der Waals surface area contributed by atoms with E-state index in [-0.39, 0.29) is 0 Å². The Bertz CT molecular complexity index is 4590. The Morgan fingerprint density at radius 2 is 0.662 bits per heavy atom. The van der Waals surface area contributed by atoms with E-state index in [1.807, 2.05) is 0 Å². The predicted molar refractivity (Wildman–Crippen MR) is 313 cm³/mol. The maximum atomic E-state index is 2.57. The molecule has 1 nitrogen and oxygen atoms in total. The monoisotopic (exact) mass is 935 g/mol. The number of rotatable bonds is 5. The Kier molecular flexibility index (Phi) is 8.73. The van der Waals surface area contributed by atoms with Crippen molar-refractivity contribution >= 4 is 81.7 Å². The summed E-state index contributed by atoms with van der Waals surface area (Å²) in [6, 6.07) is 103. The molecule has 2 aliphatic carbocycles. The van der Waals surface area contributed by atoms with Crippen molar-refractivity contribution in [3.05, 3.63) is 295 Å². The third-order valence-corrected chi connectivity index (χ3v) is 16.6. The molecular formula is C73H45N. The lowest BCUT2D eigenvalue weighted by Gasteiger charge is -2.33.